The van der Waals surface area contributed by atoms with Gasteiger partial charge in [-0.25, -0.2) is 0 Å². The molecule has 0 radical (unpaired) electrons. The molecule has 6 aromatic carbocycles. The Morgan fingerprint density at radius 3 is 0.714 bits per heavy atom. The summed E-state index contributed by atoms with van der Waals surface area (Å²) in [5.41, 5.74) is 13.2. The van der Waals surface area contributed by atoms with Gasteiger partial charge in [-0.15, -0.1) is 0 Å². The minimum Gasteiger partial charge on any atom is -1.00 e. The van der Waals surface area contributed by atoms with Gasteiger partial charge in [-0.2, -0.15) is 0 Å². The third kappa shape index (κ3) is 7.71. The zero-order valence-corrected chi connectivity index (χ0v) is 31.2. The molecule has 0 amide bonds. The van der Waals surface area contributed by atoms with Gasteiger partial charge in [0.05, 0.1) is 11.4 Å². The number of anilines is 2. The first-order valence-electron chi connectivity index (χ1n) is 16.9. The summed E-state index contributed by atoms with van der Waals surface area (Å²) in [4.78, 5) is 5.06. The van der Waals surface area contributed by atoms with Crippen LogP contribution in [-0.2, 0) is 19.2 Å². The second-order valence-corrected chi connectivity index (χ2v) is 12.6. The van der Waals surface area contributed by atoms with Gasteiger partial charge in [0.2, 0.25) is 0 Å². The van der Waals surface area contributed by atoms with E-state index >= 15 is 0 Å². The largest absolute Gasteiger partial charge is 1.00 e. The van der Waals surface area contributed by atoms with E-state index in [-0.39, 0.29) is 12.4 Å². The molecule has 0 N–H and O–H groups in total. The smallest absolute Gasteiger partial charge is 1.00 e. The number of nitrogens with zero attached hydrogens (tertiary/aromatic N) is 2. The number of para-hydroxylation sites is 2. The minimum atomic E-state index is 0. The van der Waals surface area contributed by atoms with Gasteiger partial charge in [-0.3, -0.25) is 0 Å². The van der Waals surface area contributed by atoms with Gasteiger partial charge in [-0.1, -0.05) is 158 Å². The molecule has 2 heterocycles. The molecule has 2 aliphatic rings. The van der Waals surface area contributed by atoms with Crippen LogP contribution in [0.4, 0.5) is 11.4 Å². The van der Waals surface area contributed by atoms with E-state index in [4.69, 9.17) is 0 Å². The fourth-order valence-electron chi connectivity index (χ4n) is 6.87. The molecule has 2 nitrogen and oxygen atoms in total. The van der Waals surface area contributed by atoms with Gasteiger partial charge in [-0.05, 0) is 49.9 Å². The van der Waals surface area contributed by atoms with Crippen molar-refractivity contribution in [3.8, 4) is 44.5 Å². The zero-order chi connectivity index (χ0) is 33.6. The molecule has 252 valence electrons. The zero-order valence-electron chi connectivity index (χ0n) is 28.9. The van der Waals surface area contributed by atoms with Crippen molar-refractivity contribution in [2.45, 2.75) is 57.3 Å². The molecular formula is C45H45ClN2Pd. The van der Waals surface area contributed by atoms with E-state index in [0.29, 0.717) is 24.2 Å². The second-order valence-electron chi connectivity index (χ2n) is 12.6. The predicted molar refractivity (Wildman–Crippen MR) is 203 cm³/mol. The number of hydrogen-bond donors (Lipinski definition) is 0. The monoisotopic (exact) mass is 754 g/mol. The average molecular weight is 756 g/mol. The molecule has 4 heteroatoms. The van der Waals surface area contributed by atoms with Crippen LogP contribution in [0.2, 0.25) is 5.40 Å². The van der Waals surface area contributed by atoms with Crippen molar-refractivity contribution in [1.29, 1.82) is 0 Å². The van der Waals surface area contributed by atoms with Gasteiger partial charge < -0.3 is 22.2 Å². The molecule has 2 saturated heterocycles. The van der Waals surface area contributed by atoms with Crippen molar-refractivity contribution < 1.29 is 31.6 Å². The van der Waals surface area contributed by atoms with Gasteiger partial charge >= 0.3 is 24.6 Å². The Labute approximate surface area is 310 Å². The van der Waals surface area contributed by atoms with Crippen molar-refractivity contribution in [2.24, 2.45) is 0 Å². The number of rotatable bonds is 6. The van der Waals surface area contributed by atoms with Gasteiger partial charge in [0.15, 0.2) is 0 Å². The van der Waals surface area contributed by atoms with Crippen molar-refractivity contribution >= 4 is 11.4 Å². The van der Waals surface area contributed by atoms with E-state index in [0.717, 1.165) is 0 Å². The van der Waals surface area contributed by atoms with Crippen LogP contribution in [0.25, 0.3) is 44.5 Å². The van der Waals surface area contributed by atoms with E-state index in [2.05, 4.69) is 214 Å². The van der Waals surface area contributed by atoms with E-state index in [9.17, 15) is 0 Å². The molecule has 0 aromatic heterocycles. The Balaban J connectivity index is 0.000000179. The van der Waals surface area contributed by atoms with Crippen LogP contribution < -0.4 is 22.2 Å². The van der Waals surface area contributed by atoms with Gasteiger partial charge in [0, 0.05) is 46.4 Å². The molecule has 6 aromatic rings. The third-order valence-electron chi connectivity index (χ3n) is 9.90. The van der Waals surface area contributed by atoms with Crippen molar-refractivity contribution in [3.63, 3.8) is 0 Å². The van der Waals surface area contributed by atoms with E-state index in [1.807, 2.05) is 5.40 Å². The van der Waals surface area contributed by atoms with E-state index in [1.165, 1.54) is 55.9 Å². The second kappa shape index (κ2) is 16.5. The molecule has 0 aliphatic carbocycles. The molecule has 0 saturated carbocycles. The summed E-state index contributed by atoms with van der Waals surface area (Å²) < 4.78 is 0. The Bertz CT molecular complexity index is 1640. The minimum absolute atomic E-state index is 0. The number of benzene rings is 6. The Hall–Kier alpha value is -4.13. The first kappa shape index (κ1) is 36.2. The molecule has 49 heavy (non-hydrogen) atoms. The maximum absolute atomic E-state index is 2.75. The molecule has 2 fully saturated rings. The van der Waals surface area contributed by atoms with E-state index < -0.39 is 0 Å². The van der Waals surface area contributed by atoms with Crippen LogP contribution in [0.1, 0.15) is 27.7 Å². The summed E-state index contributed by atoms with van der Waals surface area (Å²) >= 11 is 2.75. The maximum atomic E-state index is 2.75. The molecular weight excluding hydrogens is 710 g/mol. The first-order valence-corrected chi connectivity index (χ1v) is 18.5. The van der Waals surface area contributed by atoms with Gasteiger partial charge in [0.25, 0.3) is 0 Å². The number of halogens is 1. The quantitative estimate of drug-likeness (QED) is 0.124. The van der Waals surface area contributed by atoms with Crippen molar-refractivity contribution in [2.75, 3.05) is 9.80 Å². The molecule has 0 spiro atoms. The predicted octanol–water partition coefficient (Wildman–Crippen LogP) is 8.82. The molecule has 4 atom stereocenters. The Morgan fingerprint density at radius 2 is 0.531 bits per heavy atom. The van der Waals surface area contributed by atoms with Crippen molar-refractivity contribution in [3.05, 3.63) is 158 Å². The van der Waals surface area contributed by atoms with Crippen LogP contribution in [0.15, 0.2) is 158 Å². The summed E-state index contributed by atoms with van der Waals surface area (Å²) in [6, 6.07) is 58.6. The topological polar surface area (TPSA) is 6.02 Å². The fraction of sp³-hybridized carbons (Fsp3) is 0.200. The van der Waals surface area contributed by atoms with Gasteiger partial charge in [0.1, 0.15) is 0 Å². The molecule has 4 unspecified atom stereocenters. The molecule has 2 aliphatic heterocycles. The fourth-order valence-corrected chi connectivity index (χ4v) is 6.87. The molecule has 8 rings (SSSR count). The summed E-state index contributed by atoms with van der Waals surface area (Å²) in [6.45, 7) is 9.23. The normalized spacial score (nSPS) is 18.6. The van der Waals surface area contributed by atoms with Crippen molar-refractivity contribution in [1.82, 2.24) is 0 Å². The Morgan fingerprint density at radius 1 is 0.327 bits per heavy atom. The average Bonchev–Trinajstić information content (AvgIpc) is 3.99. The number of hydrogen-bond acceptors (Lipinski definition) is 2. The molecule has 0 bridgehead atoms. The van der Waals surface area contributed by atoms with Crippen LogP contribution in [0.5, 0.6) is 0 Å². The van der Waals surface area contributed by atoms with Crippen LogP contribution in [-0.4, -0.2) is 24.2 Å². The summed E-state index contributed by atoms with van der Waals surface area (Å²) in [5, 5.41) is 1.85. The van der Waals surface area contributed by atoms with Crippen LogP contribution in [0.3, 0.4) is 0 Å². The maximum Gasteiger partial charge on any atom is -1.00 e. The van der Waals surface area contributed by atoms with Crippen LogP contribution >= 0.6 is 0 Å². The third-order valence-corrected chi connectivity index (χ3v) is 9.90. The summed E-state index contributed by atoms with van der Waals surface area (Å²) in [5.74, 6) is 0. The summed E-state index contributed by atoms with van der Waals surface area (Å²) in [6.07, 6.45) is 0. The van der Waals surface area contributed by atoms with Crippen LogP contribution in [0, 0.1) is 0 Å². The van der Waals surface area contributed by atoms with E-state index in [1.54, 1.807) is 0 Å². The standard InChI is InChI=1S/2C22H21N.CH3.ClH.Pd/c2*1-16-17(2)23(16)22-20(18-10-5-3-6-11-18)14-9-15-21(22)19-12-7-4-8-13-19;;;/h2*3-17H,1-2H3;1H3;1H;/q;;;;+1/p-1. The Kier molecular flexibility index (Phi) is 12.2. The first-order chi connectivity index (χ1) is 23.5. The SMILES string of the molecule is CC1C(C)N1c1c(-c2ccccc2)cccc1-c1ccccc1.CC1C(C)N1c1c(-c2ccccc2)cccc1-c1ccccc1.[CH3][Pd+].[Cl-]. The summed E-state index contributed by atoms with van der Waals surface area (Å²) in [7, 11) is 0.